The number of esters is 1. The van der Waals surface area contributed by atoms with Crippen LogP contribution in [-0.4, -0.2) is 30.3 Å². The van der Waals surface area contributed by atoms with Gasteiger partial charge in [-0.1, -0.05) is 0 Å². The smallest absolute Gasteiger partial charge is 0.348 e. The summed E-state index contributed by atoms with van der Waals surface area (Å²) in [4.78, 5) is 49.5. The third-order valence-electron chi connectivity index (χ3n) is 4.54. The fraction of sp³-hybridized carbons (Fsp3) is 0.200. The Hall–Kier alpha value is -3.44. The van der Waals surface area contributed by atoms with Crippen LogP contribution < -0.4 is 16.4 Å². The van der Waals surface area contributed by atoms with Crippen molar-refractivity contribution < 1.29 is 28.3 Å². The van der Waals surface area contributed by atoms with Crippen molar-refractivity contribution in [2.45, 2.75) is 19.3 Å². The van der Waals surface area contributed by atoms with Crippen molar-refractivity contribution in [2.75, 3.05) is 17.2 Å². The number of hydrogen-bond acceptors (Lipinski definition) is 8. The van der Waals surface area contributed by atoms with Gasteiger partial charge in [0.25, 0.3) is 17.7 Å². The van der Waals surface area contributed by atoms with Gasteiger partial charge >= 0.3 is 5.97 Å². The first-order valence-corrected chi connectivity index (χ1v) is 10.9. The number of primary amides is 1. The molecule has 0 saturated carbocycles. The monoisotopic (exact) mass is 459 g/mol. The van der Waals surface area contributed by atoms with E-state index in [9.17, 15) is 19.2 Å². The molecule has 31 heavy (non-hydrogen) atoms. The van der Waals surface area contributed by atoms with E-state index < -0.39 is 30.3 Å². The fourth-order valence-corrected chi connectivity index (χ4v) is 5.32. The molecule has 160 valence electrons. The van der Waals surface area contributed by atoms with E-state index in [1.165, 1.54) is 29.7 Å². The van der Waals surface area contributed by atoms with Gasteiger partial charge in [-0.2, -0.15) is 0 Å². The third-order valence-corrected chi connectivity index (χ3v) is 6.73. The largest absolute Gasteiger partial charge is 0.459 e. The number of ether oxygens (including phenoxy) is 1. The number of amides is 3. The molecule has 0 saturated heterocycles. The van der Waals surface area contributed by atoms with Crippen LogP contribution in [0.3, 0.4) is 0 Å². The van der Waals surface area contributed by atoms with Crippen molar-refractivity contribution in [2.24, 2.45) is 5.73 Å². The lowest BCUT2D eigenvalue weighted by atomic mass is 10.1. The highest BCUT2D eigenvalue weighted by Gasteiger charge is 2.26. The lowest BCUT2D eigenvalue weighted by Crippen LogP contribution is -2.22. The van der Waals surface area contributed by atoms with E-state index in [4.69, 9.17) is 14.9 Å². The minimum Gasteiger partial charge on any atom is -0.459 e. The molecule has 0 atom stereocenters. The topological polar surface area (TPSA) is 141 Å². The molecule has 3 amide bonds. The number of anilines is 2. The molecule has 0 spiro atoms. The number of hydrogen-bond donors (Lipinski definition) is 3. The highest BCUT2D eigenvalue weighted by Crippen LogP contribution is 2.38. The zero-order valence-corrected chi connectivity index (χ0v) is 17.7. The first kappa shape index (κ1) is 20.8. The van der Waals surface area contributed by atoms with E-state index in [1.54, 1.807) is 12.1 Å². The van der Waals surface area contributed by atoms with E-state index in [0.29, 0.717) is 15.6 Å². The summed E-state index contributed by atoms with van der Waals surface area (Å²) in [5.74, 6) is -2.17. The van der Waals surface area contributed by atoms with Crippen molar-refractivity contribution in [3.8, 4) is 0 Å². The van der Waals surface area contributed by atoms with Gasteiger partial charge in [-0.05, 0) is 49.1 Å². The summed E-state index contributed by atoms with van der Waals surface area (Å²) < 4.78 is 10.1. The van der Waals surface area contributed by atoms with E-state index in [-0.39, 0.29) is 10.6 Å². The van der Waals surface area contributed by atoms with Gasteiger partial charge in [0, 0.05) is 4.88 Å². The molecule has 0 unspecified atom stereocenters. The molecule has 0 radical (unpaired) electrons. The zero-order chi connectivity index (χ0) is 22.0. The van der Waals surface area contributed by atoms with Crippen molar-refractivity contribution >= 4 is 56.4 Å². The summed E-state index contributed by atoms with van der Waals surface area (Å²) in [6.45, 7) is -0.522. The molecule has 0 aliphatic heterocycles. The molecule has 1 aliphatic rings. The number of thiophene rings is 2. The number of nitrogens with one attached hydrogen (secondary N) is 2. The van der Waals surface area contributed by atoms with Gasteiger partial charge in [-0.25, -0.2) is 4.79 Å². The van der Waals surface area contributed by atoms with Crippen LogP contribution in [0, 0.1) is 0 Å². The lowest BCUT2D eigenvalue weighted by Gasteiger charge is -2.06. The Morgan fingerprint density at radius 1 is 1.10 bits per heavy atom. The number of fused-ring (bicyclic) bond motifs is 1. The Kier molecular flexibility index (Phi) is 5.87. The van der Waals surface area contributed by atoms with E-state index in [0.717, 1.165) is 41.0 Å². The number of nitrogens with two attached hydrogens (primary N) is 1. The summed E-state index contributed by atoms with van der Waals surface area (Å²) in [5, 5.41) is 6.04. The molecule has 11 heteroatoms. The second-order valence-electron chi connectivity index (χ2n) is 6.65. The maximum atomic E-state index is 12.2. The highest BCUT2D eigenvalue weighted by atomic mass is 32.1. The van der Waals surface area contributed by atoms with Crippen LogP contribution in [-0.2, 0) is 22.4 Å². The van der Waals surface area contributed by atoms with Crippen molar-refractivity contribution in [3.05, 3.63) is 57.2 Å². The maximum absolute atomic E-state index is 12.2. The second kappa shape index (κ2) is 8.74. The standard InChI is InChI=1S/C20H17N3O6S2/c21-17(25)16-10-3-1-5-12(10)31-19(16)22-14(24)9-29-20(27)13-6-7-15(30-13)23-18(26)11-4-2-8-28-11/h2,4,6-8H,1,3,5,9H2,(H2,21,25)(H,22,24)(H,23,26). The number of rotatable bonds is 7. The van der Waals surface area contributed by atoms with Crippen LogP contribution in [0.15, 0.2) is 34.9 Å². The van der Waals surface area contributed by atoms with Crippen LogP contribution in [0.1, 0.15) is 47.4 Å². The van der Waals surface area contributed by atoms with Gasteiger partial charge in [0.2, 0.25) is 0 Å². The average molecular weight is 460 g/mol. The summed E-state index contributed by atoms with van der Waals surface area (Å²) in [6.07, 6.45) is 3.94. The molecule has 0 bridgehead atoms. The minimum absolute atomic E-state index is 0.143. The first-order chi connectivity index (χ1) is 14.9. The molecule has 0 aromatic carbocycles. The van der Waals surface area contributed by atoms with Crippen LogP contribution in [0.2, 0.25) is 0 Å². The number of furan rings is 1. The normalized spacial score (nSPS) is 12.3. The molecule has 3 heterocycles. The predicted molar refractivity (Wildman–Crippen MR) is 115 cm³/mol. The number of carbonyl (C=O) groups excluding carboxylic acids is 4. The molecule has 3 aromatic rings. The van der Waals surface area contributed by atoms with Gasteiger partial charge in [0.05, 0.1) is 16.8 Å². The van der Waals surface area contributed by atoms with Crippen molar-refractivity contribution in [3.63, 3.8) is 0 Å². The Labute approximate surface area is 184 Å². The molecular weight excluding hydrogens is 442 g/mol. The Morgan fingerprint density at radius 3 is 2.68 bits per heavy atom. The van der Waals surface area contributed by atoms with Gasteiger partial charge in [-0.3, -0.25) is 14.4 Å². The van der Waals surface area contributed by atoms with Crippen molar-refractivity contribution in [1.29, 1.82) is 0 Å². The van der Waals surface area contributed by atoms with Crippen molar-refractivity contribution in [1.82, 2.24) is 0 Å². The van der Waals surface area contributed by atoms with Gasteiger partial charge < -0.3 is 25.5 Å². The molecule has 4 N–H and O–H groups in total. The van der Waals surface area contributed by atoms with Gasteiger partial charge in [-0.15, -0.1) is 22.7 Å². The Balaban J connectivity index is 1.32. The number of aryl methyl sites for hydroxylation is 1. The van der Waals surface area contributed by atoms with E-state index in [1.807, 2.05) is 0 Å². The van der Waals surface area contributed by atoms with Gasteiger partial charge in [0.15, 0.2) is 12.4 Å². The predicted octanol–water partition coefficient (Wildman–Crippen LogP) is 3.04. The summed E-state index contributed by atoms with van der Waals surface area (Å²) in [7, 11) is 0. The molecule has 4 rings (SSSR count). The highest BCUT2D eigenvalue weighted by molar-refractivity contribution is 7.18. The lowest BCUT2D eigenvalue weighted by molar-refractivity contribution is -0.119. The SMILES string of the molecule is NC(=O)c1c(NC(=O)COC(=O)c2ccc(NC(=O)c3ccco3)s2)sc2c1CCC2. The summed E-state index contributed by atoms with van der Waals surface area (Å²) in [6, 6.07) is 6.14. The fourth-order valence-electron chi connectivity index (χ4n) is 3.21. The first-order valence-electron chi connectivity index (χ1n) is 9.28. The van der Waals surface area contributed by atoms with Crippen LogP contribution in [0.25, 0.3) is 0 Å². The van der Waals surface area contributed by atoms with E-state index in [2.05, 4.69) is 10.6 Å². The molecule has 3 aromatic heterocycles. The van der Waals surface area contributed by atoms with Gasteiger partial charge in [0.1, 0.15) is 9.88 Å². The molecule has 9 nitrogen and oxygen atoms in total. The summed E-state index contributed by atoms with van der Waals surface area (Å²) >= 11 is 2.33. The molecule has 0 fully saturated rings. The van der Waals surface area contributed by atoms with Crippen LogP contribution >= 0.6 is 22.7 Å². The molecular formula is C20H17N3O6S2. The maximum Gasteiger partial charge on any atom is 0.348 e. The van der Waals surface area contributed by atoms with E-state index >= 15 is 0 Å². The quantitative estimate of drug-likeness (QED) is 0.464. The summed E-state index contributed by atoms with van der Waals surface area (Å²) in [5.41, 5.74) is 6.71. The zero-order valence-electron chi connectivity index (χ0n) is 16.1. The Bertz CT molecular complexity index is 1160. The van der Waals surface area contributed by atoms with Crippen LogP contribution in [0.5, 0.6) is 0 Å². The number of carbonyl (C=O) groups is 4. The second-order valence-corrected chi connectivity index (χ2v) is 8.83. The minimum atomic E-state index is -0.706. The third kappa shape index (κ3) is 4.52. The average Bonchev–Trinajstić information content (AvgIpc) is 3.49. The molecule has 1 aliphatic carbocycles. The Morgan fingerprint density at radius 2 is 1.94 bits per heavy atom. The van der Waals surface area contributed by atoms with Crippen LogP contribution in [0.4, 0.5) is 10.0 Å².